The van der Waals surface area contributed by atoms with Gasteiger partial charge in [0.25, 0.3) is 0 Å². The molecule has 25 nitrogen and oxygen atoms in total. The van der Waals surface area contributed by atoms with Gasteiger partial charge in [-0.15, -0.1) is 0 Å². The second-order valence-corrected chi connectivity index (χ2v) is 26.0. The first-order valence-electron chi connectivity index (χ1n) is 28.1. The van der Waals surface area contributed by atoms with Crippen LogP contribution in [0.4, 0.5) is 0 Å². The molecule has 4 aliphatic carbocycles. The third-order valence-corrected chi connectivity index (χ3v) is 20.9. The van der Waals surface area contributed by atoms with Crippen LogP contribution in [0.15, 0.2) is 11.6 Å². The number of ether oxygens (including phenoxy) is 8. The normalized spacial score (nSPS) is 51.4. The quantitative estimate of drug-likeness (QED) is 0.0613. The number of aliphatic hydroxyl groups excluding tert-OH is 16. The lowest BCUT2D eigenvalue weighted by atomic mass is 9.38. The topological polar surface area (TPSA) is 418 Å². The number of fused-ring (bicyclic) bond motifs is 5. The van der Waals surface area contributed by atoms with Gasteiger partial charge in [0.2, 0.25) is 0 Å². The summed E-state index contributed by atoms with van der Waals surface area (Å²) in [4.78, 5) is 0. The molecule has 4 aliphatic heterocycles. The van der Waals surface area contributed by atoms with Crippen molar-refractivity contribution in [1.29, 1.82) is 0 Å². The van der Waals surface area contributed by atoms with Crippen LogP contribution >= 0.6 is 0 Å². The fourth-order valence-electron chi connectivity index (χ4n) is 15.5. The average Bonchev–Trinajstić information content (AvgIpc) is 3.86. The molecule has 31 atom stereocenters. The molecular weight excluding hydrogens is 1050 g/mol. The summed E-state index contributed by atoms with van der Waals surface area (Å²) in [6.45, 7) is 13.1. The third kappa shape index (κ3) is 11.3. The van der Waals surface area contributed by atoms with E-state index in [-0.39, 0.29) is 29.6 Å². The van der Waals surface area contributed by atoms with E-state index in [9.17, 15) is 86.8 Å². The molecule has 458 valence electrons. The zero-order valence-electron chi connectivity index (χ0n) is 46.4. The highest BCUT2D eigenvalue weighted by molar-refractivity contribution is 5.32. The van der Waals surface area contributed by atoms with Gasteiger partial charge in [-0.1, -0.05) is 53.2 Å². The van der Waals surface area contributed by atoms with Gasteiger partial charge in [0, 0.05) is 17.3 Å². The van der Waals surface area contributed by atoms with E-state index in [1.54, 1.807) is 0 Å². The molecule has 7 fully saturated rings. The van der Waals surface area contributed by atoms with Crippen LogP contribution in [-0.4, -0.2) is 266 Å². The minimum Gasteiger partial charge on any atom is -0.394 e. The molecule has 0 bridgehead atoms. The Hall–Kier alpha value is -1.26. The van der Waals surface area contributed by atoms with Crippen LogP contribution in [0.1, 0.15) is 100 Å². The van der Waals surface area contributed by atoms with Crippen LogP contribution < -0.4 is 0 Å². The molecule has 8 rings (SSSR count). The molecular formula is C54H92O25. The monoisotopic (exact) mass is 1140 g/mol. The van der Waals surface area contributed by atoms with Gasteiger partial charge in [-0.05, 0) is 86.9 Å². The van der Waals surface area contributed by atoms with Crippen LogP contribution in [-0.2, 0) is 37.9 Å². The summed E-state index contributed by atoms with van der Waals surface area (Å²) in [5, 5.41) is 183. The minimum absolute atomic E-state index is 0.00602. The van der Waals surface area contributed by atoms with Crippen molar-refractivity contribution in [3.63, 3.8) is 0 Å². The maximum absolute atomic E-state index is 12.7. The summed E-state index contributed by atoms with van der Waals surface area (Å²) in [6.07, 6.45) is -30.0. The highest BCUT2D eigenvalue weighted by Crippen LogP contribution is 2.75. The smallest absolute Gasteiger partial charge is 0.187 e. The van der Waals surface area contributed by atoms with E-state index in [0.717, 1.165) is 18.4 Å². The lowest BCUT2D eigenvalue weighted by Crippen LogP contribution is -2.65. The molecule has 0 aromatic carbocycles. The summed E-state index contributed by atoms with van der Waals surface area (Å²) >= 11 is 0. The van der Waals surface area contributed by atoms with Crippen LogP contribution in [0.5, 0.6) is 0 Å². The largest absolute Gasteiger partial charge is 0.394 e. The first kappa shape index (κ1) is 63.8. The molecule has 0 radical (unpaired) electrons. The zero-order chi connectivity index (χ0) is 58.4. The lowest BCUT2D eigenvalue weighted by Gasteiger charge is -2.67. The molecule has 25 heteroatoms. The van der Waals surface area contributed by atoms with Gasteiger partial charge in [-0.2, -0.15) is 0 Å². The number of aliphatic hydroxyl groups is 17. The van der Waals surface area contributed by atoms with E-state index in [1.165, 1.54) is 13.8 Å². The molecule has 0 aromatic heterocycles. The van der Waals surface area contributed by atoms with Crippen molar-refractivity contribution in [2.24, 2.45) is 45.3 Å². The first-order chi connectivity index (χ1) is 36.8. The van der Waals surface area contributed by atoms with Crippen molar-refractivity contribution in [1.82, 2.24) is 0 Å². The van der Waals surface area contributed by atoms with Crippen LogP contribution in [0.3, 0.4) is 0 Å². The molecule has 4 heterocycles. The van der Waals surface area contributed by atoms with Gasteiger partial charge in [-0.3, -0.25) is 0 Å². The summed E-state index contributed by atoms with van der Waals surface area (Å²) in [5.41, 5.74) is -2.65. The standard InChI is InChI=1S/C54H92O25/c1-21(25(57)15-33(51(4,5)71)79-49-45(70)41(66)37(62)29(77-49)20-73-47-43(68)39(64)35(60)27(18-56)75-47)22-13-14-52(6)30-11-9-23-24(54(30,8)31(58)16-53(22,52)7)10-12-32(50(23,2)3)78-48-44(69)40(65)36(61)28(76-48)19-72-46-42(67)38(63)34(59)26(17-55)74-46/h9,21-22,24-49,55-71H,10-20H2,1-8H3/t21-,22+,24+,25?,26+,27+,28+,29+,30-,31+,32-,33+,34+,35+,36+,37+,38-,39-,40-,41-,42+,43+,44+,45+,46+,47+,48-,49-,52-,53+,54-/m0/s1. The van der Waals surface area contributed by atoms with Gasteiger partial charge in [0.15, 0.2) is 25.2 Å². The van der Waals surface area contributed by atoms with Crippen LogP contribution in [0.2, 0.25) is 0 Å². The molecule has 17 N–H and O–H groups in total. The van der Waals surface area contributed by atoms with Crippen molar-refractivity contribution in [3.05, 3.63) is 11.6 Å². The maximum Gasteiger partial charge on any atom is 0.187 e. The molecule has 79 heavy (non-hydrogen) atoms. The maximum atomic E-state index is 12.7. The summed E-state index contributed by atoms with van der Waals surface area (Å²) in [5.74, 6) is -0.589. The van der Waals surface area contributed by atoms with Gasteiger partial charge in [0.05, 0.1) is 56.4 Å². The predicted molar refractivity (Wildman–Crippen MR) is 269 cm³/mol. The van der Waals surface area contributed by atoms with Crippen molar-refractivity contribution < 1.29 is 125 Å². The van der Waals surface area contributed by atoms with E-state index in [2.05, 4.69) is 26.8 Å². The molecule has 1 unspecified atom stereocenters. The first-order valence-corrected chi connectivity index (χ1v) is 28.1. The van der Waals surface area contributed by atoms with Gasteiger partial charge >= 0.3 is 0 Å². The Labute approximate surface area is 460 Å². The summed E-state index contributed by atoms with van der Waals surface area (Å²) < 4.78 is 46.7. The molecule has 0 spiro atoms. The second kappa shape index (κ2) is 23.9. The zero-order valence-corrected chi connectivity index (χ0v) is 46.4. The second-order valence-electron chi connectivity index (χ2n) is 26.0. The van der Waals surface area contributed by atoms with Crippen molar-refractivity contribution in [2.45, 2.75) is 253 Å². The van der Waals surface area contributed by atoms with Gasteiger partial charge in [0.1, 0.15) is 97.7 Å². The minimum atomic E-state index is -1.84. The van der Waals surface area contributed by atoms with Gasteiger partial charge in [-0.25, -0.2) is 0 Å². The predicted octanol–water partition coefficient (Wildman–Crippen LogP) is -4.26. The Balaban J connectivity index is 0.923. The number of allylic oxidation sites excluding steroid dienone is 1. The van der Waals surface area contributed by atoms with E-state index >= 15 is 0 Å². The SMILES string of the molecule is C[C@H](C(O)C[C@@H](O[C@@H]1O[C@H](CO[C@@H]2O[C@H](CO)[C@@H](O)[C@H](O)[C@H]2O)[C@@H](O)[C@H](O)[C@H]1O)C(C)(C)O)[C@H]1CC[C@@]2(C)[C@@H]3CC=C4[C@@H](CC[C@H](O[C@@H]5O[C@H](CO[C@@H]6O[C@H](CO)[C@@H](O)[C@H](O)[C@H]6O)[C@@H](O)[C@H](O)[C@H]5O)C4(C)C)[C@]3(C)[C@H](O)C[C@]12C. The van der Waals surface area contributed by atoms with Gasteiger partial charge < -0.3 is 125 Å². The van der Waals surface area contributed by atoms with E-state index in [4.69, 9.17) is 37.9 Å². The van der Waals surface area contributed by atoms with Crippen molar-refractivity contribution in [2.75, 3.05) is 26.4 Å². The molecule has 3 saturated carbocycles. The average molecular weight is 1140 g/mol. The Morgan fingerprint density at radius 2 is 1.05 bits per heavy atom. The summed E-state index contributed by atoms with van der Waals surface area (Å²) in [6, 6.07) is 0. The highest BCUT2D eigenvalue weighted by Gasteiger charge is 2.71. The molecule has 8 aliphatic rings. The number of hydrogen-bond donors (Lipinski definition) is 17. The van der Waals surface area contributed by atoms with Crippen LogP contribution in [0, 0.1) is 45.3 Å². The molecule has 0 aromatic rings. The Kier molecular flexibility index (Phi) is 19.3. The highest BCUT2D eigenvalue weighted by atomic mass is 16.7. The Bertz CT molecular complexity index is 2060. The van der Waals surface area contributed by atoms with E-state index in [1.807, 2.05) is 20.8 Å². The van der Waals surface area contributed by atoms with Crippen molar-refractivity contribution >= 4 is 0 Å². The van der Waals surface area contributed by atoms with E-state index < -0.39 is 201 Å². The fraction of sp³-hybridized carbons (Fsp3) is 0.963. The molecule has 4 saturated heterocycles. The Morgan fingerprint density at radius 1 is 0.595 bits per heavy atom. The summed E-state index contributed by atoms with van der Waals surface area (Å²) in [7, 11) is 0. The fourth-order valence-corrected chi connectivity index (χ4v) is 15.5. The van der Waals surface area contributed by atoms with Crippen LogP contribution in [0.25, 0.3) is 0 Å². The van der Waals surface area contributed by atoms with Crippen molar-refractivity contribution in [3.8, 4) is 0 Å². The number of hydrogen-bond acceptors (Lipinski definition) is 25. The van der Waals surface area contributed by atoms with E-state index in [0.29, 0.717) is 25.7 Å². The Morgan fingerprint density at radius 3 is 1.54 bits per heavy atom. The lowest BCUT2D eigenvalue weighted by molar-refractivity contribution is -0.342. The third-order valence-electron chi connectivity index (χ3n) is 20.9. The number of rotatable bonds is 17. The molecule has 0 amide bonds.